The van der Waals surface area contributed by atoms with E-state index in [0.29, 0.717) is 12.0 Å². The molecule has 2 nitrogen and oxygen atoms in total. The van der Waals surface area contributed by atoms with Crippen LogP contribution < -0.4 is 4.74 Å². The molecule has 0 spiro atoms. The van der Waals surface area contributed by atoms with Crippen molar-refractivity contribution in [3.05, 3.63) is 24.3 Å². The molecule has 4 heteroatoms. The SMILES string of the molecule is O=CCOc1ccc(SCl)cc1. The number of ether oxygens (including phenoxy) is 1. The van der Waals surface area contributed by atoms with Crippen LogP contribution in [0.1, 0.15) is 0 Å². The normalized spacial score (nSPS) is 9.42. The molecule has 12 heavy (non-hydrogen) atoms. The van der Waals surface area contributed by atoms with Crippen molar-refractivity contribution >= 4 is 27.9 Å². The van der Waals surface area contributed by atoms with Gasteiger partial charge in [-0.05, 0) is 45.9 Å². The van der Waals surface area contributed by atoms with Crippen LogP contribution in [0.2, 0.25) is 0 Å². The zero-order chi connectivity index (χ0) is 8.81. The number of hydrogen-bond acceptors (Lipinski definition) is 3. The molecule has 0 saturated carbocycles. The summed E-state index contributed by atoms with van der Waals surface area (Å²) in [6.07, 6.45) is 0.713. The van der Waals surface area contributed by atoms with Gasteiger partial charge in [-0.2, -0.15) is 0 Å². The topological polar surface area (TPSA) is 26.3 Å². The highest BCUT2D eigenvalue weighted by atomic mass is 35.7. The van der Waals surface area contributed by atoms with E-state index in [1.165, 1.54) is 0 Å². The molecule has 0 bridgehead atoms. The maximum absolute atomic E-state index is 9.95. The Morgan fingerprint density at radius 1 is 1.42 bits per heavy atom. The largest absolute Gasteiger partial charge is 0.486 e. The first kappa shape index (κ1) is 9.42. The maximum Gasteiger partial charge on any atom is 0.157 e. The van der Waals surface area contributed by atoms with Gasteiger partial charge in [0, 0.05) is 4.90 Å². The molecule has 0 saturated heterocycles. The quantitative estimate of drug-likeness (QED) is 0.702. The third-order valence-electron chi connectivity index (χ3n) is 1.23. The highest BCUT2D eigenvalue weighted by Crippen LogP contribution is 2.23. The Hall–Kier alpha value is -0.670. The summed E-state index contributed by atoms with van der Waals surface area (Å²) in [5.74, 6) is 0.677. The second kappa shape index (κ2) is 5.06. The van der Waals surface area contributed by atoms with Crippen molar-refractivity contribution in [3.63, 3.8) is 0 Å². The second-order valence-corrected chi connectivity index (χ2v) is 3.11. The Bertz CT molecular complexity index is 248. The standard InChI is InChI=1S/C8H7ClO2S/c9-12-8-3-1-7(2-4-8)11-6-5-10/h1-5H,6H2. The minimum atomic E-state index is 0.0906. The highest BCUT2D eigenvalue weighted by Gasteiger charge is 1.93. The summed E-state index contributed by atoms with van der Waals surface area (Å²) in [5, 5.41) is 0. The number of benzene rings is 1. The van der Waals surface area contributed by atoms with Crippen LogP contribution in [0.25, 0.3) is 0 Å². The van der Waals surface area contributed by atoms with Gasteiger partial charge in [0.15, 0.2) is 6.29 Å². The van der Waals surface area contributed by atoms with E-state index in [2.05, 4.69) is 0 Å². The average Bonchev–Trinajstić information content (AvgIpc) is 2.15. The van der Waals surface area contributed by atoms with Gasteiger partial charge in [-0.1, -0.05) is 0 Å². The lowest BCUT2D eigenvalue weighted by molar-refractivity contribution is -0.109. The molecule has 0 amide bonds. The van der Waals surface area contributed by atoms with Crippen LogP contribution in [0, 0.1) is 0 Å². The molecule has 1 rings (SSSR count). The second-order valence-electron chi connectivity index (χ2n) is 2.03. The summed E-state index contributed by atoms with van der Waals surface area (Å²) in [5.41, 5.74) is 0. The molecule has 0 aromatic heterocycles. The fraction of sp³-hybridized carbons (Fsp3) is 0.125. The van der Waals surface area contributed by atoms with Gasteiger partial charge in [-0.3, -0.25) is 4.79 Å². The van der Waals surface area contributed by atoms with E-state index in [4.69, 9.17) is 15.4 Å². The van der Waals surface area contributed by atoms with E-state index >= 15 is 0 Å². The molecule has 0 radical (unpaired) electrons. The van der Waals surface area contributed by atoms with Gasteiger partial charge in [0.1, 0.15) is 12.4 Å². The Morgan fingerprint density at radius 3 is 2.58 bits per heavy atom. The van der Waals surface area contributed by atoms with E-state index in [9.17, 15) is 4.79 Å². The van der Waals surface area contributed by atoms with Gasteiger partial charge in [0.05, 0.1) is 0 Å². The molecule has 0 N–H and O–H groups in total. The predicted octanol–water partition coefficient (Wildman–Crippen LogP) is 2.51. The van der Waals surface area contributed by atoms with Crippen LogP contribution >= 0.6 is 21.7 Å². The molecule has 64 valence electrons. The molecule has 1 aromatic rings. The monoisotopic (exact) mass is 202 g/mol. The highest BCUT2D eigenvalue weighted by molar-refractivity contribution is 8.21. The van der Waals surface area contributed by atoms with E-state index in [0.717, 1.165) is 15.9 Å². The van der Waals surface area contributed by atoms with E-state index in [-0.39, 0.29) is 6.61 Å². The van der Waals surface area contributed by atoms with Crippen molar-refractivity contribution < 1.29 is 9.53 Å². The maximum atomic E-state index is 9.95. The summed E-state index contributed by atoms with van der Waals surface area (Å²) in [7, 11) is 6.65. The first-order valence-electron chi connectivity index (χ1n) is 3.32. The van der Waals surface area contributed by atoms with Crippen LogP contribution in [0.3, 0.4) is 0 Å². The fourth-order valence-corrected chi connectivity index (χ4v) is 1.27. The van der Waals surface area contributed by atoms with Crippen LogP contribution in [0.4, 0.5) is 0 Å². The van der Waals surface area contributed by atoms with Crippen LogP contribution in [0.15, 0.2) is 29.2 Å². The van der Waals surface area contributed by atoms with Crippen molar-refractivity contribution in [2.75, 3.05) is 6.61 Å². The van der Waals surface area contributed by atoms with Crippen LogP contribution in [0.5, 0.6) is 5.75 Å². The number of hydrogen-bond donors (Lipinski definition) is 0. The van der Waals surface area contributed by atoms with Crippen molar-refractivity contribution in [1.29, 1.82) is 0 Å². The van der Waals surface area contributed by atoms with Gasteiger partial charge in [-0.15, -0.1) is 0 Å². The van der Waals surface area contributed by atoms with Crippen molar-refractivity contribution in [3.8, 4) is 5.75 Å². The Kier molecular flexibility index (Phi) is 3.97. The molecule has 1 aromatic carbocycles. The number of carbonyl (C=O) groups is 1. The molecular weight excluding hydrogens is 196 g/mol. The van der Waals surface area contributed by atoms with Gasteiger partial charge in [-0.25, -0.2) is 0 Å². The number of rotatable bonds is 4. The molecule has 0 aliphatic carbocycles. The van der Waals surface area contributed by atoms with Crippen molar-refractivity contribution in [2.45, 2.75) is 4.90 Å². The van der Waals surface area contributed by atoms with Gasteiger partial charge < -0.3 is 4.74 Å². The lowest BCUT2D eigenvalue weighted by Gasteiger charge is -2.01. The summed E-state index contributed by atoms with van der Waals surface area (Å²) < 4.78 is 5.03. The lowest BCUT2D eigenvalue weighted by atomic mass is 10.3. The molecule has 0 fully saturated rings. The predicted molar refractivity (Wildman–Crippen MR) is 49.7 cm³/mol. The summed E-state index contributed by atoms with van der Waals surface area (Å²) in [6, 6.07) is 7.21. The first-order valence-corrected chi connectivity index (χ1v) is 4.96. The average molecular weight is 203 g/mol. The van der Waals surface area contributed by atoms with E-state index < -0.39 is 0 Å². The Morgan fingerprint density at radius 2 is 2.08 bits per heavy atom. The zero-order valence-corrected chi connectivity index (χ0v) is 7.77. The lowest BCUT2D eigenvalue weighted by Crippen LogP contribution is -1.96. The minimum Gasteiger partial charge on any atom is -0.486 e. The van der Waals surface area contributed by atoms with Gasteiger partial charge in [0.25, 0.3) is 0 Å². The first-order chi connectivity index (χ1) is 5.86. The Labute approximate surface area is 79.4 Å². The van der Waals surface area contributed by atoms with Crippen LogP contribution in [-0.4, -0.2) is 12.9 Å². The molecule has 0 atom stereocenters. The van der Waals surface area contributed by atoms with Crippen molar-refractivity contribution in [2.24, 2.45) is 0 Å². The van der Waals surface area contributed by atoms with E-state index in [1.54, 1.807) is 12.1 Å². The number of carbonyl (C=O) groups excluding carboxylic acids is 1. The minimum absolute atomic E-state index is 0.0906. The summed E-state index contributed by atoms with van der Waals surface area (Å²) >= 11 is 0. The third-order valence-corrected chi connectivity index (χ3v) is 2.22. The van der Waals surface area contributed by atoms with Gasteiger partial charge in [0.2, 0.25) is 0 Å². The molecule has 0 heterocycles. The third kappa shape index (κ3) is 2.75. The van der Waals surface area contributed by atoms with Gasteiger partial charge >= 0.3 is 0 Å². The zero-order valence-electron chi connectivity index (χ0n) is 6.20. The van der Waals surface area contributed by atoms with Crippen molar-refractivity contribution in [1.82, 2.24) is 0 Å². The summed E-state index contributed by atoms with van der Waals surface area (Å²) in [6.45, 7) is 0.0906. The van der Waals surface area contributed by atoms with Crippen LogP contribution in [-0.2, 0) is 4.79 Å². The summed E-state index contributed by atoms with van der Waals surface area (Å²) in [4.78, 5) is 10.9. The Balaban J connectivity index is 2.58. The number of halogens is 1. The molecule has 0 aliphatic rings. The molecule has 0 aliphatic heterocycles. The smallest absolute Gasteiger partial charge is 0.157 e. The van der Waals surface area contributed by atoms with E-state index in [1.807, 2.05) is 12.1 Å². The molecular formula is C8H7ClO2S. The number of aldehydes is 1. The molecule has 0 unspecified atom stereocenters. The fourth-order valence-electron chi connectivity index (χ4n) is 0.718.